The number of aryl methyl sites for hydroxylation is 2. The molecule has 31 heavy (non-hydrogen) atoms. The lowest BCUT2D eigenvalue weighted by Gasteiger charge is -2.12. The van der Waals surface area contributed by atoms with Crippen molar-refractivity contribution < 1.29 is 31.3 Å². The van der Waals surface area contributed by atoms with E-state index >= 15 is 0 Å². The Kier molecular flexibility index (Phi) is 5.09. The lowest BCUT2D eigenvalue weighted by molar-refractivity contribution is 0.0964. The van der Waals surface area contributed by atoms with Crippen LogP contribution in [-0.4, -0.2) is 16.0 Å². The van der Waals surface area contributed by atoms with E-state index in [0.717, 1.165) is 9.75 Å². The van der Waals surface area contributed by atoms with Gasteiger partial charge >= 0.3 is 0 Å². The summed E-state index contributed by atoms with van der Waals surface area (Å²) in [6.45, 7) is 3.43. The Hall–Kier alpha value is -3.54. The van der Waals surface area contributed by atoms with Crippen molar-refractivity contribution in [2.75, 3.05) is 5.43 Å². The summed E-state index contributed by atoms with van der Waals surface area (Å²) in [6, 6.07) is 5.04. The molecule has 0 aliphatic rings. The fourth-order valence-electron chi connectivity index (χ4n) is 2.87. The highest BCUT2D eigenvalue weighted by Gasteiger charge is 2.27. The largest absolute Gasteiger partial charge is 0.335 e. The first kappa shape index (κ1) is 20.7. The molecule has 3 aromatic heterocycles. The third-order valence-electron chi connectivity index (χ3n) is 4.37. The number of halogens is 5. The molecule has 3 heterocycles. The SMILES string of the molecule is Cc1ccc(-c2cc(C(=O)NNc3c(F)c(F)c(F)c(F)c3F)c3c(C)noc3n2)s1. The van der Waals surface area contributed by atoms with Gasteiger partial charge in [0, 0.05) is 4.88 Å². The van der Waals surface area contributed by atoms with Crippen LogP contribution in [0.1, 0.15) is 20.9 Å². The predicted octanol–water partition coefficient (Wildman–Crippen LogP) is 5.02. The minimum atomic E-state index is -2.31. The van der Waals surface area contributed by atoms with Crippen molar-refractivity contribution in [2.45, 2.75) is 13.8 Å². The fourth-order valence-corrected chi connectivity index (χ4v) is 3.70. The Labute approximate surface area is 174 Å². The molecule has 0 spiro atoms. The number of amides is 1. The average Bonchev–Trinajstić information content (AvgIpc) is 3.35. The molecule has 12 heteroatoms. The molecule has 160 valence electrons. The molecule has 1 amide bonds. The summed E-state index contributed by atoms with van der Waals surface area (Å²) in [6.07, 6.45) is 0. The van der Waals surface area contributed by atoms with Crippen molar-refractivity contribution in [1.29, 1.82) is 0 Å². The minimum absolute atomic E-state index is 0.0267. The number of anilines is 1. The van der Waals surface area contributed by atoms with E-state index in [0.29, 0.717) is 11.4 Å². The van der Waals surface area contributed by atoms with Crippen LogP contribution in [0.2, 0.25) is 0 Å². The van der Waals surface area contributed by atoms with E-state index in [9.17, 15) is 26.7 Å². The molecule has 0 unspecified atom stereocenters. The first-order chi connectivity index (χ1) is 14.7. The highest BCUT2D eigenvalue weighted by atomic mass is 32.1. The first-order valence-electron chi connectivity index (χ1n) is 8.60. The molecule has 0 aliphatic carbocycles. The van der Waals surface area contributed by atoms with E-state index in [1.54, 1.807) is 18.4 Å². The molecular formula is C19H11F5N4O2S. The highest BCUT2D eigenvalue weighted by molar-refractivity contribution is 7.15. The zero-order chi connectivity index (χ0) is 22.4. The summed E-state index contributed by atoms with van der Waals surface area (Å²) in [4.78, 5) is 18.8. The van der Waals surface area contributed by atoms with Crippen LogP contribution in [0.4, 0.5) is 27.6 Å². The Morgan fingerprint density at radius 1 is 1.00 bits per heavy atom. The fraction of sp³-hybridized carbons (Fsp3) is 0.105. The van der Waals surface area contributed by atoms with E-state index < -0.39 is 40.7 Å². The number of pyridine rings is 1. The van der Waals surface area contributed by atoms with Gasteiger partial charge in [0.1, 0.15) is 5.69 Å². The molecule has 0 atom stereocenters. The summed E-state index contributed by atoms with van der Waals surface area (Å²) in [5.74, 6) is -11.8. The van der Waals surface area contributed by atoms with Crippen LogP contribution in [0.25, 0.3) is 21.7 Å². The zero-order valence-corrected chi connectivity index (χ0v) is 16.6. The molecule has 4 rings (SSSR count). The van der Waals surface area contributed by atoms with E-state index in [1.807, 2.05) is 18.4 Å². The van der Waals surface area contributed by atoms with Gasteiger partial charge in [-0.2, -0.15) is 0 Å². The number of fused-ring (bicyclic) bond motifs is 1. The second-order valence-electron chi connectivity index (χ2n) is 6.44. The molecule has 1 aromatic carbocycles. The standard InChI is InChI=1S/C19H11F5N4O2S/c1-6-3-4-10(31-6)9-5-8(11-7(2)28-30-19(11)25-9)18(29)27-26-17-15(23)13(21)12(20)14(22)16(17)24/h3-5,26H,1-2H3,(H,27,29). The monoisotopic (exact) mass is 454 g/mol. The van der Waals surface area contributed by atoms with Crippen molar-refractivity contribution in [3.63, 3.8) is 0 Å². The van der Waals surface area contributed by atoms with Gasteiger partial charge in [0.2, 0.25) is 5.82 Å². The molecular weight excluding hydrogens is 443 g/mol. The van der Waals surface area contributed by atoms with Gasteiger partial charge in [-0.1, -0.05) is 5.16 Å². The van der Waals surface area contributed by atoms with Gasteiger partial charge in [-0.3, -0.25) is 15.6 Å². The summed E-state index contributed by atoms with van der Waals surface area (Å²) >= 11 is 1.41. The van der Waals surface area contributed by atoms with Gasteiger partial charge < -0.3 is 4.52 Å². The van der Waals surface area contributed by atoms with Gasteiger partial charge in [0.25, 0.3) is 11.6 Å². The van der Waals surface area contributed by atoms with Crippen LogP contribution in [0.5, 0.6) is 0 Å². The maximum Gasteiger partial charge on any atom is 0.270 e. The number of rotatable bonds is 4. The number of carbonyl (C=O) groups is 1. The molecule has 0 aliphatic heterocycles. The topological polar surface area (TPSA) is 80.0 Å². The number of aromatic nitrogens is 2. The van der Waals surface area contributed by atoms with Crippen LogP contribution in [0.15, 0.2) is 22.7 Å². The van der Waals surface area contributed by atoms with Crippen LogP contribution in [0, 0.1) is 42.9 Å². The number of nitrogens with one attached hydrogen (secondary N) is 2. The Bertz CT molecular complexity index is 1320. The van der Waals surface area contributed by atoms with Crippen molar-refractivity contribution >= 4 is 34.0 Å². The zero-order valence-electron chi connectivity index (χ0n) is 15.7. The summed E-state index contributed by atoms with van der Waals surface area (Å²) in [5, 5.41) is 3.99. The van der Waals surface area contributed by atoms with Crippen LogP contribution < -0.4 is 10.9 Å². The quantitative estimate of drug-likeness (QED) is 0.196. The number of carbonyl (C=O) groups excluding carboxylic acids is 1. The summed E-state index contributed by atoms with van der Waals surface area (Å²) < 4.78 is 72.7. The second-order valence-corrected chi connectivity index (χ2v) is 7.73. The van der Waals surface area contributed by atoms with Crippen LogP contribution in [0.3, 0.4) is 0 Å². The smallest absolute Gasteiger partial charge is 0.270 e. The van der Waals surface area contributed by atoms with Crippen molar-refractivity contribution in [3.8, 4) is 10.6 Å². The van der Waals surface area contributed by atoms with Gasteiger partial charge in [0.15, 0.2) is 23.3 Å². The number of hydrazine groups is 1. The van der Waals surface area contributed by atoms with E-state index in [-0.39, 0.29) is 16.7 Å². The first-order valence-corrected chi connectivity index (χ1v) is 9.42. The average molecular weight is 454 g/mol. The highest BCUT2D eigenvalue weighted by Crippen LogP contribution is 2.31. The Morgan fingerprint density at radius 2 is 1.65 bits per heavy atom. The van der Waals surface area contributed by atoms with Gasteiger partial charge in [-0.05, 0) is 32.0 Å². The van der Waals surface area contributed by atoms with Gasteiger partial charge in [-0.15, -0.1) is 11.3 Å². The maximum atomic E-state index is 13.8. The molecule has 0 radical (unpaired) electrons. The van der Waals surface area contributed by atoms with E-state index in [1.165, 1.54) is 17.4 Å². The third kappa shape index (κ3) is 3.48. The number of thiophene rings is 1. The van der Waals surface area contributed by atoms with Crippen molar-refractivity contribution in [1.82, 2.24) is 15.6 Å². The van der Waals surface area contributed by atoms with Gasteiger partial charge in [-0.25, -0.2) is 26.9 Å². The van der Waals surface area contributed by atoms with E-state index in [4.69, 9.17) is 4.52 Å². The van der Waals surface area contributed by atoms with Crippen LogP contribution >= 0.6 is 11.3 Å². The molecule has 0 saturated heterocycles. The summed E-state index contributed by atoms with van der Waals surface area (Å²) in [7, 11) is 0. The van der Waals surface area contributed by atoms with Crippen molar-refractivity contribution in [3.05, 3.63) is 63.4 Å². The maximum absolute atomic E-state index is 13.8. The molecule has 4 aromatic rings. The second kappa shape index (κ2) is 7.61. The molecule has 2 N–H and O–H groups in total. The summed E-state index contributed by atoms with van der Waals surface area (Å²) in [5.41, 5.74) is 3.02. The minimum Gasteiger partial charge on any atom is -0.335 e. The van der Waals surface area contributed by atoms with Crippen molar-refractivity contribution in [2.24, 2.45) is 0 Å². The molecule has 0 bridgehead atoms. The normalized spacial score (nSPS) is 11.2. The lowest BCUT2D eigenvalue weighted by atomic mass is 10.1. The molecule has 0 saturated carbocycles. The number of hydrogen-bond donors (Lipinski definition) is 2. The van der Waals surface area contributed by atoms with Gasteiger partial charge in [0.05, 0.1) is 27.2 Å². The molecule has 6 nitrogen and oxygen atoms in total. The number of hydrogen-bond acceptors (Lipinski definition) is 6. The third-order valence-corrected chi connectivity index (χ3v) is 5.39. The molecule has 0 fully saturated rings. The van der Waals surface area contributed by atoms with E-state index in [2.05, 4.69) is 10.1 Å². The number of nitrogens with zero attached hydrogens (tertiary/aromatic N) is 2. The lowest BCUT2D eigenvalue weighted by Crippen LogP contribution is -2.31. The Morgan fingerprint density at radius 3 is 2.26 bits per heavy atom. The number of benzene rings is 1. The predicted molar refractivity (Wildman–Crippen MR) is 102 cm³/mol. The Balaban J connectivity index is 1.73. The van der Waals surface area contributed by atoms with Crippen LogP contribution in [-0.2, 0) is 0 Å².